The van der Waals surface area contributed by atoms with Crippen molar-refractivity contribution in [1.82, 2.24) is 0 Å². The van der Waals surface area contributed by atoms with Crippen LogP contribution in [0.3, 0.4) is 0 Å². The first-order valence-electron chi connectivity index (χ1n) is 7.52. The first kappa shape index (κ1) is 14.7. The molecule has 0 saturated carbocycles. The molecule has 0 aliphatic carbocycles. The number of nitrogens with zero attached hydrogens (tertiary/aromatic N) is 1. The molecule has 1 N–H and O–H groups in total. The number of rotatable bonds is 3. The number of benzene rings is 1. The minimum Gasteiger partial charge on any atom is -0.311 e. The molecule has 120 valence electrons. The molecule has 4 rings (SSSR count). The fourth-order valence-electron chi connectivity index (χ4n) is 3.38. The predicted octanol–water partition coefficient (Wildman–Crippen LogP) is 2.95. The molecule has 1 atom stereocenters. The smallest absolute Gasteiger partial charge is 0.271 e. The van der Waals surface area contributed by atoms with Crippen molar-refractivity contribution in [2.45, 2.75) is 29.9 Å². The van der Waals surface area contributed by atoms with Crippen LogP contribution < -0.4 is 9.62 Å². The summed E-state index contributed by atoms with van der Waals surface area (Å²) in [6.07, 6.45) is 1.78. The van der Waals surface area contributed by atoms with Gasteiger partial charge in [0.1, 0.15) is 4.21 Å². The van der Waals surface area contributed by atoms with Crippen LogP contribution in [0, 0.1) is 0 Å². The van der Waals surface area contributed by atoms with Crippen LogP contribution in [0.25, 0.3) is 0 Å². The van der Waals surface area contributed by atoms with Gasteiger partial charge in [-0.05, 0) is 54.5 Å². The SMILES string of the molecule is C[C@H]1C(=O)N2CCCc3cc(NS(=O)(=O)c4cccs4)cc1c32. The molecule has 3 heterocycles. The molecule has 7 heteroatoms. The van der Waals surface area contributed by atoms with Gasteiger partial charge in [-0.3, -0.25) is 9.52 Å². The van der Waals surface area contributed by atoms with Crippen molar-refractivity contribution in [3.05, 3.63) is 40.8 Å². The lowest BCUT2D eigenvalue weighted by Gasteiger charge is -2.26. The standard InChI is InChI=1S/C16H16N2O3S2/c1-10-13-9-12(17-23(20,21)14-5-3-7-22-14)8-11-4-2-6-18(15(11)13)16(10)19/h3,5,7-10,17H,2,4,6H2,1H3/t10-/m1/s1. The van der Waals surface area contributed by atoms with Crippen molar-refractivity contribution in [3.63, 3.8) is 0 Å². The lowest BCUT2D eigenvalue weighted by molar-refractivity contribution is -0.119. The molecule has 0 bridgehead atoms. The number of hydrogen-bond donors (Lipinski definition) is 1. The van der Waals surface area contributed by atoms with Crippen LogP contribution >= 0.6 is 11.3 Å². The summed E-state index contributed by atoms with van der Waals surface area (Å²) < 4.78 is 27.8. The summed E-state index contributed by atoms with van der Waals surface area (Å²) in [5.74, 6) is -0.104. The topological polar surface area (TPSA) is 66.5 Å². The molecule has 0 radical (unpaired) electrons. The Hall–Kier alpha value is -1.86. The maximum Gasteiger partial charge on any atom is 0.271 e. The van der Waals surface area contributed by atoms with Gasteiger partial charge in [0.2, 0.25) is 5.91 Å². The summed E-state index contributed by atoms with van der Waals surface area (Å²) in [4.78, 5) is 14.2. The number of nitrogens with one attached hydrogen (secondary N) is 1. The molecule has 0 fully saturated rings. The number of carbonyl (C=O) groups excluding carboxylic acids is 1. The molecule has 2 aliphatic heterocycles. The number of carbonyl (C=O) groups is 1. The van der Waals surface area contributed by atoms with E-state index in [-0.39, 0.29) is 16.0 Å². The Labute approximate surface area is 139 Å². The third kappa shape index (κ3) is 2.26. The summed E-state index contributed by atoms with van der Waals surface area (Å²) in [6, 6.07) is 6.96. The van der Waals surface area contributed by atoms with E-state index in [0.717, 1.165) is 36.2 Å². The van der Waals surface area contributed by atoms with E-state index in [0.29, 0.717) is 5.69 Å². The first-order valence-corrected chi connectivity index (χ1v) is 9.88. The zero-order valence-electron chi connectivity index (χ0n) is 12.6. The van der Waals surface area contributed by atoms with Gasteiger partial charge in [-0.2, -0.15) is 0 Å². The van der Waals surface area contributed by atoms with Gasteiger partial charge in [0, 0.05) is 12.2 Å². The van der Waals surface area contributed by atoms with Crippen molar-refractivity contribution in [2.24, 2.45) is 0 Å². The van der Waals surface area contributed by atoms with Crippen molar-refractivity contribution < 1.29 is 13.2 Å². The zero-order chi connectivity index (χ0) is 16.2. The largest absolute Gasteiger partial charge is 0.311 e. The van der Waals surface area contributed by atoms with E-state index < -0.39 is 10.0 Å². The normalized spacial score (nSPS) is 19.8. The summed E-state index contributed by atoms with van der Waals surface area (Å²) in [6.45, 7) is 2.64. The lowest BCUT2D eigenvalue weighted by atomic mass is 9.96. The van der Waals surface area contributed by atoms with Gasteiger partial charge in [0.15, 0.2) is 0 Å². The Morgan fingerprint density at radius 1 is 1.35 bits per heavy atom. The molecule has 1 aromatic carbocycles. The highest BCUT2D eigenvalue weighted by molar-refractivity contribution is 7.94. The van der Waals surface area contributed by atoms with Gasteiger partial charge in [0.05, 0.1) is 11.6 Å². The van der Waals surface area contributed by atoms with E-state index in [1.54, 1.807) is 23.6 Å². The van der Waals surface area contributed by atoms with Crippen molar-refractivity contribution in [1.29, 1.82) is 0 Å². The number of sulfonamides is 1. The van der Waals surface area contributed by atoms with Gasteiger partial charge >= 0.3 is 0 Å². The first-order chi connectivity index (χ1) is 11.0. The molecule has 2 aromatic rings. The number of aryl methyl sites for hydroxylation is 1. The summed E-state index contributed by atoms with van der Waals surface area (Å²) in [7, 11) is -3.57. The highest BCUT2D eigenvalue weighted by Crippen LogP contribution is 2.44. The molecule has 1 aromatic heterocycles. The van der Waals surface area contributed by atoms with Crippen molar-refractivity contribution in [2.75, 3.05) is 16.2 Å². The second-order valence-electron chi connectivity index (χ2n) is 5.93. The van der Waals surface area contributed by atoms with Crippen molar-refractivity contribution in [3.8, 4) is 0 Å². The van der Waals surface area contributed by atoms with E-state index in [9.17, 15) is 13.2 Å². The molecule has 23 heavy (non-hydrogen) atoms. The molecule has 0 saturated heterocycles. The molecule has 5 nitrogen and oxygen atoms in total. The van der Waals surface area contributed by atoms with E-state index in [1.807, 2.05) is 17.9 Å². The molecule has 0 unspecified atom stereocenters. The van der Waals surface area contributed by atoms with Crippen LogP contribution in [0.15, 0.2) is 33.9 Å². The maximum absolute atomic E-state index is 12.4. The Balaban J connectivity index is 1.77. The summed E-state index contributed by atoms with van der Waals surface area (Å²) >= 11 is 1.18. The molecule has 0 spiro atoms. The van der Waals surface area contributed by atoms with Crippen LogP contribution in [-0.4, -0.2) is 20.9 Å². The minimum absolute atomic E-state index is 0.110. The monoisotopic (exact) mass is 348 g/mol. The fourth-order valence-corrected chi connectivity index (χ4v) is 5.41. The highest BCUT2D eigenvalue weighted by atomic mass is 32.2. The summed E-state index contributed by atoms with van der Waals surface area (Å²) in [5.41, 5.74) is 3.51. The molecule has 1 amide bonds. The summed E-state index contributed by atoms with van der Waals surface area (Å²) in [5, 5.41) is 1.74. The van der Waals surface area contributed by atoms with Crippen molar-refractivity contribution >= 4 is 38.6 Å². The van der Waals surface area contributed by atoms with E-state index in [2.05, 4.69) is 4.72 Å². The van der Waals surface area contributed by atoms with E-state index in [4.69, 9.17) is 0 Å². The maximum atomic E-state index is 12.4. The number of thiophene rings is 1. The second kappa shape index (κ2) is 5.07. The number of amides is 1. The van der Waals surface area contributed by atoms with Crippen LogP contribution in [0.2, 0.25) is 0 Å². The Bertz CT molecular complexity index is 888. The van der Waals surface area contributed by atoms with Crippen LogP contribution in [0.4, 0.5) is 11.4 Å². The lowest BCUT2D eigenvalue weighted by Crippen LogP contribution is -2.32. The predicted molar refractivity (Wildman–Crippen MR) is 90.7 cm³/mol. The zero-order valence-corrected chi connectivity index (χ0v) is 14.2. The Morgan fingerprint density at radius 2 is 2.17 bits per heavy atom. The van der Waals surface area contributed by atoms with Gasteiger partial charge in [-0.25, -0.2) is 8.42 Å². The minimum atomic E-state index is -3.57. The van der Waals surface area contributed by atoms with E-state index >= 15 is 0 Å². The average molecular weight is 348 g/mol. The second-order valence-corrected chi connectivity index (χ2v) is 8.78. The Kier molecular flexibility index (Phi) is 3.24. The third-order valence-electron chi connectivity index (χ3n) is 4.43. The third-order valence-corrected chi connectivity index (χ3v) is 7.21. The molecular formula is C16H16N2O3S2. The average Bonchev–Trinajstić information content (AvgIpc) is 3.13. The molecular weight excluding hydrogens is 332 g/mol. The van der Waals surface area contributed by atoms with Gasteiger partial charge in [0.25, 0.3) is 10.0 Å². The van der Waals surface area contributed by atoms with Crippen LogP contribution in [0.1, 0.15) is 30.4 Å². The van der Waals surface area contributed by atoms with E-state index in [1.165, 1.54) is 11.3 Å². The van der Waals surface area contributed by atoms with Crippen LogP contribution in [-0.2, 0) is 21.2 Å². The number of anilines is 2. The van der Waals surface area contributed by atoms with Gasteiger partial charge in [-0.1, -0.05) is 6.07 Å². The quantitative estimate of drug-likeness (QED) is 0.927. The van der Waals surface area contributed by atoms with Crippen LogP contribution in [0.5, 0.6) is 0 Å². The molecule has 2 aliphatic rings. The Morgan fingerprint density at radius 3 is 2.91 bits per heavy atom. The highest BCUT2D eigenvalue weighted by Gasteiger charge is 2.38. The number of hydrogen-bond acceptors (Lipinski definition) is 4. The van der Waals surface area contributed by atoms with Gasteiger partial charge in [-0.15, -0.1) is 11.3 Å². The fraction of sp³-hybridized carbons (Fsp3) is 0.312. The van der Waals surface area contributed by atoms with Gasteiger partial charge < -0.3 is 4.90 Å².